The lowest BCUT2D eigenvalue weighted by Crippen LogP contribution is -2.32. The van der Waals surface area contributed by atoms with Crippen molar-refractivity contribution >= 4 is 0 Å². The molecular weight excluding hydrogens is 196 g/mol. The van der Waals surface area contributed by atoms with Gasteiger partial charge < -0.3 is 5.11 Å². The molecule has 0 bridgehead atoms. The molecule has 0 aromatic rings. The van der Waals surface area contributed by atoms with Gasteiger partial charge in [0.25, 0.3) is 0 Å². The van der Waals surface area contributed by atoms with Crippen molar-refractivity contribution in [3.63, 3.8) is 0 Å². The van der Waals surface area contributed by atoms with Gasteiger partial charge in [0, 0.05) is 0 Å². The molecule has 0 unspecified atom stereocenters. The van der Waals surface area contributed by atoms with Crippen LogP contribution in [0.3, 0.4) is 0 Å². The van der Waals surface area contributed by atoms with Crippen molar-refractivity contribution in [1.82, 2.24) is 0 Å². The maximum Gasteiger partial charge on any atom is 0.0746 e. The van der Waals surface area contributed by atoms with Crippen LogP contribution >= 0.6 is 0 Å². The Morgan fingerprint density at radius 1 is 1.31 bits per heavy atom. The van der Waals surface area contributed by atoms with E-state index >= 15 is 0 Å². The van der Waals surface area contributed by atoms with Crippen molar-refractivity contribution < 1.29 is 5.11 Å². The smallest absolute Gasteiger partial charge is 0.0746 e. The van der Waals surface area contributed by atoms with E-state index < -0.39 is 0 Å². The van der Waals surface area contributed by atoms with Crippen molar-refractivity contribution in [2.75, 3.05) is 0 Å². The Bertz CT molecular complexity index is 324. The first-order chi connectivity index (χ1) is 7.43. The molecule has 4 atom stereocenters. The van der Waals surface area contributed by atoms with Crippen molar-refractivity contribution in [1.29, 1.82) is 0 Å². The highest BCUT2D eigenvalue weighted by molar-refractivity contribution is 5.21. The third kappa shape index (κ3) is 1.86. The van der Waals surface area contributed by atoms with E-state index in [1.165, 1.54) is 12.0 Å². The summed E-state index contributed by atoms with van der Waals surface area (Å²) in [7, 11) is 0. The SMILES string of the molecule is CC1=CC[C@H]([C@@H]2C=C[C@@H](O)[C@@H](C)C2)C1(C)C. The molecule has 2 aliphatic carbocycles. The molecule has 0 spiro atoms. The van der Waals surface area contributed by atoms with E-state index in [0.717, 1.165) is 12.3 Å². The Balaban J connectivity index is 2.14. The third-order valence-electron chi connectivity index (χ3n) is 4.92. The largest absolute Gasteiger partial charge is 0.389 e. The van der Waals surface area contributed by atoms with Crippen molar-refractivity contribution in [2.45, 2.75) is 46.6 Å². The summed E-state index contributed by atoms with van der Waals surface area (Å²) >= 11 is 0. The number of hydrogen-bond donors (Lipinski definition) is 1. The molecule has 0 radical (unpaired) electrons. The molecule has 1 nitrogen and oxygen atoms in total. The second-order valence-electron chi connectivity index (χ2n) is 6.20. The molecule has 0 saturated carbocycles. The lowest BCUT2D eigenvalue weighted by molar-refractivity contribution is 0.112. The molecule has 16 heavy (non-hydrogen) atoms. The van der Waals surface area contributed by atoms with Crippen LogP contribution < -0.4 is 0 Å². The standard InChI is InChI=1S/C15H24O/c1-10-9-12(6-8-14(10)16)13-7-5-11(2)15(13,3)4/h5-6,8,10,12-14,16H,7,9H2,1-4H3/t10-,12+,13+,14+/m0/s1. The predicted molar refractivity (Wildman–Crippen MR) is 68.1 cm³/mol. The first kappa shape index (κ1) is 11.9. The van der Waals surface area contributed by atoms with E-state index in [1.807, 2.05) is 6.08 Å². The summed E-state index contributed by atoms with van der Waals surface area (Å²) in [6.45, 7) is 9.13. The molecule has 0 saturated heterocycles. The molecular formula is C15H24O. The van der Waals surface area contributed by atoms with Crippen LogP contribution in [0, 0.1) is 23.2 Å². The van der Waals surface area contributed by atoms with Crippen LogP contribution in [0.5, 0.6) is 0 Å². The Labute approximate surface area is 99.3 Å². The summed E-state index contributed by atoms with van der Waals surface area (Å²) in [6, 6.07) is 0. The average molecular weight is 220 g/mol. The summed E-state index contributed by atoms with van der Waals surface area (Å²) in [5.41, 5.74) is 1.86. The van der Waals surface area contributed by atoms with E-state index in [2.05, 4.69) is 39.8 Å². The molecule has 1 N–H and O–H groups in total. The van der Waals surface area contributed by atoms with E-state index in [-0.39, 0.29) is 6.10 Å². The highest BCUT2D eigenvalue weighted by Crippen LogP contribution is 2.49. The Hall–Kier alpha value is -0.560. The van der Waals surface area contributed by atoms with Crippen LogP contribution in [0.2, 0.25) is 0 Å². The zero-order chi connectivity index (χ0) is 11.9. The summed E-state index contributed by atoms with van der Waals surface area (Å²) < 4.78 is 0. The van der Waals surface area contributed by atoms with Gasteiger partial charge in [-0.3, -0.25) is 0 Å². The monoisotopic (exact) mass is 220 g/mol. The molecule has 2 aliphatic rings. The Kier molecular flexibility index (Phi) is 3.00. The van der Waals surface area contributed by atoms with Gasteiger partial charge in [-0.05, 0) is 42.9 Å². The topological polar surface area (TPSA) is 20.2 Å². The van der Waals surface area contributed by atoms with Gasteiger partial charge >= 0.3 is 0 Å². The summed E-state index contributed by atoms with van der Waals surface area (Å²) in [6.07, 6.45) is 8.76. The Morgan fingerprint density at radius 2 is 2.00 bits per heavy atom. The fourth-order valence-corrected chi connectivity index (χ4v) is 3.26. The van der Waals surface area contributed by atoms with Crippen LogP contribution in [0.15, 0.2) is 23.8 Å². The van der Waals surface area contributed by atoms with Gasteiger partial charge in [-0.2, -0.15) is 0 Å². The molecule has 0 aromatic heterocycles. The van der Waals surface area contributed by atoms with Gasteiger partial charge in [0.05, 0.1) is 6.10 Å². The quantitative estimate of drug-likeness (QED) is 0.670. The van der Waals surface area contributed by atoms with Crippen molar-refractivity contribution in [3.05, 3.63) is 23.8 Å². The fraction of sp³-hybridized carbons (Fsp3) is 0.733. The van der Waals surface area contributed by atoms with E-state index in [1.54, 1.807) is 0 Å². The molecule has 0 amide bonds. The maximum absolute atomic E-state index is 9.72. The van der Waals surface area contributed by atoms with Crippen LogP contribution in [0.4, 0.5) is 0 Å². The van der Waals surface area contributed by atoms with Crippen LogP contribution in [0.25, 0.3) is 0 Å². The molecule has 0 aromatic carbocycles. The number of aliphatic hydroxyl groups is 1. The van der Waals surface area contributed by atoms with Gasteiger partial charge in [-0.15, -0.1) is 0 Å². The van der Waals surface area contributed by atoms with Crippen LogP contribution in [0.1, 0.15) is 40.5 Å². The number of rotatable bonds is 1. The van der Waals surface area contributed by atoms with Gasteiger partial charge in [0.2, 0.25) is 0 Å². The minimum absolute atomic E-state index is 0.227. The summed E-state index contributed by atoms with van der Waals surface area (Å²) in [5, 5.41) is 9.72. The van der Waals surface area contributed by atoms with Crippen molar-refractivity contribution in [2.24, 2.45) is 23.2 Å². The first-order valence-electron chi connectivity index (χ1n) is 6.46. The third-order valence-corrected chi connectivity index (χ3v) is 4.92. The molecule has 0 aliphatic heterocycles. The maximum atomic E-state index is 9.72. The van der Waals surface area contributed by atoms with E-state index in [4.69, 9.17) is 0 Å². The summed E-state index contributed by atoms with van der Waals surface area (Å²) in [5.74, 6) is 1.77. The molecule has 2 rings (SSSR count). The van der Waals surface area contributed by atoms with E-state index in [0.29, 0.717) is 17.3 Å². The lowest BCUT2D eigenvalue weighted by Gasteiger charge is -2.38. The highest BCUT2D eigenvalue weighted by Gasteiger charge is 2.40. The zero-order valence-corrected chi connectivity index (χ0v) is 10.9. The number of hydrogen-bond acceptors (Lipinski definition) is 1. The van der Waals surface area contributed by atoms with Gasteiger partial charge in [-0.1, -0.05) is 44.6 Å². The first-order valence-corrected chi connectivity index (χ1v) is 6.46. The normalized spacial score (nSPS) is 42.2. The lowest BCUT2D eigenvalue weighted by atomic mass is 9.67. The second kappa shape index (κ2) is 4.03. The molecule has 0 heterocycles. The zero-order valence-electron chi connectivity index (χ0n) is 10.9. The summed E-state index contributed by atoms with van der Waals surface area (Å²) in [4.78, 5) is 0. The van der Waals surface area contributed by atoms with Crippen molar-refractivity contribution in [3.8, 4) is 0 Å². The van der Waals surface area contributed by atoms with Crippen LogP contribution in [-0.4, -0.2) is 11.2 Å². The number of aliphatic hydroxyl groups excluding tert-OH is 1. The van der Waals surface area contributed by atoms with Gasteiger partial charge in [0.1, 0.15) is 0 Å². The Morgan fingerprint density at radius 3 is 2.50 bits per heavy atom. The molecule has 0 fully saturated rings. The molecule has 1 heteroatoms. The average Bonchev–Trinajstić information content (AvgIpc) is 2.47. The number of allylic oxidation sites excluding steroid dienone is 3. The fourth-order valence-electron chi connectivity index (χ4n) is 3.26. The highest BCUT2D eigenvalue weighted by atomic mass is 16.3. The minimum atomic E-state index is -0.227. The van der Waals surface area contributed by atoms with Gasteiger partial charge in [-0.25, -0.2) is 0 Å². The predicted octanol–water partition coefficient (Wildman–Crippen LogP) is 3.55. The minimum Gasteiger partial charge on any atom is -0.389 e. The van der Waals surface area contributed by atoms with E-state index in [9.17, 15) is 5.11 Å². The second-order valence-corrected chi connectivity index (χ2v) is 6.20. The molecule has 90 valence electrons. The van der Waals surface area contributed by atoms with Crippen LogP contribution in [-0.2, 0) is 0 Å². The van der Waals surface area contributed by atoms with Gasteiger partial charge in [0.15, 0.2) is 0 Å².